The molecule has 2 amide bonds. The maximum Gasteiger partial charge on any atom is 0.251 e. The molecule has 3 N–H and O–H groups in total. The van der Waals surface area contributed by atoms with Crippen molar-refractivity contribution in [2.45, 2.75) is 20.0 Å². The molecular weight excluding hydrogens is 384 g/mol. The summed E-state index contributed by atoms with van der Waals surface area (Å²) in [4.78, 5) is 24.7. The zero-order valence-electron chi connectivity index (χ0n) is 16.1. The number of ether oxygens (including phenoxy) is 1. The molecule has 1 aromatic heterocycles. The number of rotatable bonds is 8. The summed E-state index contributed by atoms with van der Waals surface area (Å²) in [5.74, 6) is -0.111. The predicted molar refractivity (Wildman–Crippen MR) is 117 cm³/mol. The minimum absolute atomic E-state index is 0.318. The van der Waals surface area contributed by atoms with Crippen LogP contribution >= 0.6 is 11.3 Å². The van der Waals surface area contributed by atoms with E-state index in [2.05, 4.69) is 5.32 Å². The number of nitrogens with one attached hydrogen (secondary N) is 1. The molecule has 2 aromatic carbocycles. The zero-order valence-corrected chi connectivity index (χ0v) is 16.9. The number of hydrogen-bond acceptors (Lipinski definition) is 4. The van der Waals surface area contributed by atoms with Gasteiger partial charge in [0.05, 0.1) is 5.56 Å². The van der Waals surface area contributed by atoms with Crippen LogP contribution < -0.4 is 15.8 Å². The van der Waals surface area contributed by atoms with Crippen LogP contribution in [0.4, 0.5) is 5.00 Å². The zero-order chi connectivity index (χ0) is 20.6. The maximum atomic E-state index is 12.2. The number of nitrogens with two attached hydrogens (primary N) is 1. The fourth-order valence-corrected chi connectivity index (χ4v) is 3.64. The number of hydrogen-bond donors (Lipinski definition) is 2. The monoisotopic (exact) mass is 406 g/mol. The Morgan fingerprint density at radius 3 is 2.48 bits per heavy atom. The van der Waals surface area contributed by atoms with Gasteiger partial charge in [-0.3, -0.25) is 9.59 Å². The number of primary amides is 1. The summed E-state index contributed by atoms with van der Waals surface area (Å²) in [7, 11) is 0. The number of aryl methyl sites for hydroxylation is 1. The number of carbonyl (C=O) groups is 2. The third kappa shape index (κ3) is 5.80. The number of anilines is 1. The van der Waals surface area contributed by atoms with Crippen molar-refractivity contribution in [2.75, 3.05) is 5.32 Å². The Morgan fingerprint density at radius 2 is 1.83 bits per heavy atom. The molecular formula is C23H22N2O3S. The molecule has 0 saturated heterocycles. The Kier molecular flexibility index (Phi) is 6.81. The van der Waals surface area contributed by atoms with Crippen molar-refractivity contribution in [3.8, 4) is 5.75 Å². The molecule has 0 aliphatic heterocycles. The van der Waals surface area contributed by atoms with Crippen molar-refractivity contribution < 1.29 is 14.3 Å². The lowest BCUT2D eigenvalue weighted by Crippen LogP contribution is -2.14. The maximum absolute atomic E-state index is 12.2. The van der Waals surface area contributed by atoms with Gasteiger partial charge >= 0.3 is 0 Å². The highest BCUT2D eigenvalue weighted by Gasteiger charge is 2.14. The van der Waals surface area contributed by atoms with Crippen molar-refractivity contribution in [3.05, 3.63) is 88.3 Å². The Bertz CT molecular complexity index is 1010. The Morgan fingerprint density at radius 1 is 1.10 bits per heavy atom. The molecule has 5 nitrogen and oxygen atoms in total. The molecule has 1 heterocycles. The molecule has 0 atom stereocenters. The molecule has 0 aliphatic rings. The second kappa shape index (κ2) is 9.71. The van der Waals surface area contributed by atoms with Gasteiger partial charge in [-0.15, -0.1) is 11.3 Å². The second-order valence-corrected chi connectivity index (χ2v) is 7.48. The molecule has 0 radical (unpaired) electrons. The summed E-state index contributed by atoms with van der Waals surface area (Å²) in [5.41, 5.74) is 7.69. The molecule has 0 saturated carbocycles. The van der Waals surface area contributed by atoms with E-state index in [0.717, 1.165) is 28.2 Å². The van der Waals surface area contributed by atoms with E-state index >= 15 is 0 Å². The normalized spacial score (nSPS) is 10.8. The molecule has 0 spiro atoms. The standard InChI is InChI=1S/C23H22N2O3S/c1-2-19-14-20(22(24)27)23(29-19)25-21(26)13-10-16-8-11-18(12-9-16)28-15-17-6-4-3-5-7-17/h3-14H,2,15H2,1H3,(H2,24,27)(H,25,26)/b13-10+. The van der Waals surface area contributed by atoms with Gasteiger partial charge in [0.1, 0.15) is 17.4 Å². The van der Waals surface area contributed by atoms with E-state index in [1.165, 1.54) is 17.4 Å². The van der Waals surface area contributed by atoms with Crippen LogP contribution in [0, 0.1) is 0 Å². The Balaban J connectivity index is 1.57. The highest BCUT2D eigenvalue weighted by atomic mass is 32.1. The number of thiophene rings is 1. The molecule has 0 unspecified atom stereocenters. The van der Waals surface area contributed by atoms with Crippen LogP contribution in [0.15, 0.2) is 66.7 Å². The summed E-state index contributed by atoms with van der Waals surface area (Å²) in [6.07, 6.45) is 3.90. The van der Waals surface area contributed by atoms with Crippen LogP contribution in [0.25, 0.3) is 6.08 Å². The number of carbonyl (C=O) groups excluding carboxylic acids is 2. The first-order chi connectivity index (χ1) is 14.0. The van der Waals surface area contributed by atoms with Crippen molar-refractivity contribution in [2.24, 2.45) is 5.73 Å². The third-order valence-corrected chi connectivity index (χ3v) is 5.38. The van der Waals surface area contributed by atoms with E-state index in [4.69, 9.17) is 10.5 Å². The van der Waals surface area contributed by atoms with Crippen LogP contribution in [0.2, 0.25) is 0 Å². The Hall–Kier alpha value is -3.38. The van der Waals surface area contributed by atoms with Crippen molar-refractivity contribution >= 4 is 34.2 Å². The van der Waals surface area contributed by atoms with Crippen molar-refractivity contribution in [1.29, 1.82) is 0 Å². The first-order valence-electron chi connectivity index (χ1n) is 9.23. The highest BCUT2D eigenvalue weighted by molar-refractivity contribution is 7.16. The largest absolute Gasteiger partial charge is 0.489 e. The topological polar surface area (TPSA) is 81.4 Å². The van der Waals surface area contributed by atoms with E-state index in [1.807, 2.05) is 61.5 Å². The molecule has 0 bridgehead atoms. The molecule has 3 aromatic rings. The van der Waals surface area contributed by atoms with Gasteiger partial charge in [-0.2, -0.15) is 0 Å². The van der Waals surface area contributed by atoms with Crippen LogP contribution in [-0.4, -0.2) is 11.8 Å². The summed E-state index contributed by atoms with van der Waals surface area (Å²) in [5, 5.41) is 3.21. The lowest BCUT2D eigenvalue weighted by atomic mass is 10.2. The summed E-state index contributed by atoms with van der Waals surface area (Å²) in [6.45, 7) is 2.48. The average molecular weight is 407 g/mol. The highest BCUT2D eigenvalue weighted by Crippen LogP contribution is 2.28. The quantitative estimate of drug-likeness (QED) is 0.535. The van der Waals surface area contributed by atoms with E-state index in [1.54, 1.807) is 12.1 Å². The van der Waals surface area contributed by atoms with Gasteiger partial charge in [-0.1, -0.05) is 49.4 Å². The van der Waals surface area contributed by atoms with E-state index in [0.29, 0.717) is 17.2 Å². The van der Waals surface area contributed by atoms with Gasteiger partial charge in [0, 0.05) is 11.0 Å². The van der Waals surface area contributed by atoms with Gasteiger partial charge in [-0.05, 0) is 41.8 Å². The minimum atomic E-state index is -0.550. The molecule has 0 aliphatic carbocycles. The average Bonchev–Trinajstić information content (AvgIpc) is 3.15. The fraction of sp³-hybridized carbons (Fsp3) is 0.130. The number of benzene rings is 2. The molecule has 29 heavy (non-hydrogen) atoms. The second-order valence-electron chi connectivity index (χ2n) is 6.34. The lowest BCUT2D eigenvalue weighted by molar-refractivity contribution is -0.111. The van der Waals surface area contributed by atoms with Crippen LogP contribution in [0.1, 0.15) is 33.3 Å². The van der Waals surface area contributed by atoms with E-state index in [-0.39, 0.29) is 5.91 Å². The van der Waals surface area contributed by atoms with Crippen molar-refractivity contribution in [3.63, 3.8) is 0 Å². The first-order valence-corrected chi connectivity index (χ1v) is 10.0. The third-order valence-electron chi connectivity index (χ3n) is 4.19. The molecule has 148 valence electrons. The van der Waals surface area contributed by atoms with Crippen LogP contribution in [0.3, 0.4) is 0 Å². The van der Waals surface area contributed by atoms with Gasteiger partial charge < -0.3 is 15.8 Å². The smallest absolute Gasteiger partial charge is 0.251 e. The molecule has 0 fully saturated rings. The SMILES string of the molecule is CCc1cc(C(N)=O)c(NC(=O)/C=C/c2ccc(OCc3ccccc3)cc2)s1. The summed E-state index contributed by atoms with van der Waals surface area (Å²) in [6, 6.07) is 19.1. The summed E-state index contributed by atoms with van der Waals surface area (Å²) < 4.78 is 5.75. The van der Waals surface area contributed by atoms with Crippen molar-refractivity contribution in [1.82, 2.24) is 0 Å². The Labute approximate surface area is 173 Å². The van der Waals surface area contributed by atoms with Gasteiger partial charge in [-0.25, -0.2) is 0 Å². The lowest BCUT2D eigenvalue weighted by Gasteiger charge is -2.06. The fourth-order valence-electron chi connectivity index (χ4n) is 2.63. The van der Waals surface area contributed by atoms with Crippen LogP contribution in [-0.2, 0) is 17.8 Å². The minimum Gasteiger partial charge on any atom is -0.489 e. The predicted octanol–water partition coefficient (Wildman–Crippen LogP) is 4.64. The van der Waals surface area contributed by atoms with Crippen LogP contribution in [0.5, 0.6) is 5.75 Å². The van der Waals surface area contributed by atoms with E-state index < -0.39 is 5.91 Å². The first kappa shape index (κ1) is 20.4. The number of amides is 2. The molecule has 3 rings (SSSR count). The summed E-state index contributed by atoms with van der Waals surface area (Å²) >= 11 is 1.36. The van der Waals surface area contributed by atoms with Gasteiger partial charge in [0.2, 0.25) is 5.91 Å². The van der Waals surface area contributed by atoms with E-state index in [9.17, 15) is 9.59 Å². The molecule has 6 heteroatoms. The van der Waals surface area contributed by atoms with Gasteiger partial charge in [0.25, 0.3) is 5.91 Å². The van der Waals surface area contributed by atoms with Gasteiger partial charge in [0.15, 0.2) is 0 Å².